The summed E-state index contributed by atoms with van der Waals surface area (Å²) < 4.78 is 10.3. The second-order valence-corrected chi connectivity index (χ2v) is 8.30. The second-order valence-electron chi connectivity index (χ2n) is 8.30. The van der Waals surface area contributed by atoms with Crippen LogP contribution in [0.5, 0.6) is 0 Å². The lowest BCUT2D eigenvalue weighted by atomic mass is 10.0. The molecule has 5 rings (SSSR count). The number of morpholine rings is 1. The molecule has 0 spiro atoms. The minimum Gasteiger partial charge on any atom is -0.380 e. The number of piperidine rings is 2. The maximum absolute atomic E-state index is 13.0. The number of benzene rings is 1. The number of carbonyl (C=O) groups excluding carboxylic acids is 2. The Labute approximate surface area is 182 Å². The van der Waals surface area contributed by atoms with Crippen LogP contribution in [0, 0.1) is 10.1 Å². The molecule has 2 atom stereocenters. The Bertz CT molecular complexity index is 1050. The van der Waals surface area contributed by atoms with E-state index >= 15 is 0 Å². The average Bonchev–Trinajstić information content (AvgIpc) is 3.29. The summed E-state index contributed by atoms with van der Waals surface area (Å²) in [5, 5.41) is 24.9. The van der Waals surface area contributed by atoms with E-state index < -0.39 is 4.92 Å². The highest BCUT2D eigenvalue weighted by molar-refractivity contribution is 5.93. The lowest BCUT2D eigenvalue weighted by molar-refractivity contribution is -0.383. The number of ether oxygens (including phenoxy) is 1. The number of nitrogens with zero attached hydrogens (tertiary/aromatic N) is 5. The van der Waals surface area contributed by atoms with Crippen LogP contribution in [0.25, 0.3) is 11.0 Å². The first-order chi connectivity index (χ1) is 15.5. The summed E-state index contributed by atoms with van der Waals surface area (Å²) >= 11 is 0. The van der Waals surface area contributed by atoms with Crippen LogP contribution in [0.3, 0.4) is 0 Å². The van der Waals surface area contributed by atoms with Crippen molar-refractivity contribution in [3.05, 3.63) is 22.2 Å². The van der Waals surface area contributed by atoms with Crippen LogP contribution in [0.1, 0.15) is 19.3 Å². The van der Waals surface area contributed by atoms with Crippen molar-refractivity contribution in [2.75, 3.05) is 38.1 Å². The molecule has 2 aromatic rings. The van der Waals surface area contributed by atoms with Crippen molar-refractivity contribution in [3.8, 4) is 0 Å². The van der Waals surface area contributed by atoms with Crippen LogP contribution >= 0.6 is 0 Å². The Balaban J connectivity index is 1.18. The molecule has 0 aliphatic carbocycles. The molecule has 3 aliphatic rings. The van der Waals surface area contributed by atoms with E-state index in [0.717, 1.165) is 12.8 Å². The quantitative estimate of drug-likeness (QED) is 0.513. The van der Waals surface area contributed by atoms with E-state index in [2.05, 4.69) is 20.9 Å². The molecule has 3 fully saturated rings. The number of amides is 3. The van der Waals surface area contributed by atoms with E-state index in [4.69, 9.17) is 9.37 Å². The van der Waals surface area contributed by atoms with Crippen molar-refractivity contribution in [2.45, 2.75) is 37.5 Å². The van der Waals surface area contributed by atoms with Gasteiger partial charge in [0, 0.05) is 38.3 Å². The molecule has 0 bridgehead atoms. The SMILES string of the molecule is O=C1CO[C@H]2CCN(C(=O)N3CCC(Nc4ccc([N+](=O)[O-])c5nonc45)CC3)C[C@H]2N1. The van der Waals surface area contributed by atoms with Gasteiger partial charge in [0.25, 0.3) is 0 Å². The molecule has 0 saturated carbocycles. The number of nitro groups is 1. The normalized spacial score (nSPS) is 24.2. The minimum absolute atomic E-state index is 0.0276. The van der Waals surface area contributed by atoms with Gasteiger partial charge < -0.3 is 25.2 Å². The minimum atomic E-state index is -0.520. The van der Waals surface area contributed by atoms with Crippen molar-refractivity contribution >= 4 is 34.3 Å². The van der Waals surface area contributed by atoms with Gasteiger partial charge in [-0.05, 0) is 35.6 Å². The summed E-state index contributed by atoms with van der Waals surface area (Å²) in [4.78, 5) is 38.8. The summed E-state index contributed by atoms with van der Waals surface area (Å²) in [6.07, 6.45) is 2.11. The number of likely N-dealkylation sites (tertiary alicyclic amines) is 2. The third kappa shape index (κ3) is 3.79. The number of non-ortho nitro benzene ring substituents is 1. The third-order valence-electron chi connectivity index (χ3n) is 6.31. The zero-order valence-electron chi connectivity index (χ0n) is 17.2. The van der Waals surface area contributed by atoms with Crippen molar-refractivity contribution in [1.82, 2.24) is 25.4 Å². The molecule has 0 radical (unpaired) electrons. The number of rotatable bonds is 3. The molecular formula is C19H23N7O6. The number of hydrogen-bond donors (Lipinski definition) is 2. The fourth-order valence-electron chi connectivity index (χ4n) is 4.63. The van der Waals surface area contributed by atoms with Crippen LogP contribution in [0.15, 0.2) is 16.8 Å². The predicted octanol–water partition coefficient (Wildman–Crippen LogP) is 0.717. The van der Waals surface area contributed by atoms with Gasteiger partial charge in [-0.25, -0.2) is 9.42 Å². The van der Waals surface area contributed by atoms with E-state index in [1.165, 1.54) is 6.07 Å². The van der Waals surface area contributed by atoms with E-state index in [0.29, 0.717) is 43.8 Å². The van der Waals surface area contributed by atoms with Crippen molar-refractivity contribution in [2.24, 2.45) is 0 Å². The van der Waals surface area contributed by atoms with E-state index in [-0.39, 0.29) is 47.9 Å². The number of anilines is 1. The summed E-state index contributed by atoms with van der Waals surface area (Å²) in [7, 11) is 0. The second kappa shape index (κ2) is 8.22. The topological polar surface area (TPSA) is 156 Å². The van der Waals surface area contributed by atoms with Crippen molar-refractivity contribution in [1.29, 1.82) is 0 Å². The molecule has 4 heterocycles. The highest BCUT2D eigenvalue weighted by atomic mass is 16.6. The average molecular weight is 445 g/mol. The number of nitro benzene ring substituents is 1. The largest absolute Gasteiger partial charge is 0.380 e. The highest BCUT2D eigenvalue weighted by Gasteiger charge is 2.38. The Kier molecular flexibility index (Phi) is 5.25. The summed E-state index contributed by atoms with van der Waals surface area (Å²) in [6.45, 7) is 2.30. The van der Waals surface area contributed by atoms with Gasteiger partial charge in [0.2, 0.25) is 11.4 Å². The Morgan fingerprint density at radius 1 is 1.16 bits per heavy atom. The number of fused-ring (bicyclic) bond motifs is 2. The van der Waals surface area contributed by atoms with Gasteiger partial charge in [-0.15, -0.1) is 0 Å². The maximum atomic E-state index is 13.0. The molecule has 1 aromatic heterocycles. The lowest BCUT2D eigenvalue weighted by Crippen LogP contribution is -2.62. The Hall–Kier alpha value is -3.48. The number of urea groups is 1. The van der Waals surface area contributed by atoms with E-state index in [9.17, 15) is 19.7 Å². The number of aromatic nitrogens is 2. The molecule has 32 heavy (non-hydrogen) atoms. The zero-order valence-corrected chi connectivity index (χ0v) is 17.2. The lowest BCUT2D eigenvalue weighted by Gasteiger charge is -2.43. The number of carbonyl (C=O) groups is 2. The monoisotopic (exact) mass is 445 g/mol. The number of hydrogen-bond acceptors (Lipinski definition) is 9. The fourth-order valence-corrected chi connectivity index (χ4v) is 4.63. The molecule has 13 heteroatoms. The first-order valence-corrected chi connectivity index (χ1v) is 10.6. The molecule has 3 saturated heterocycles. The first kappa shape index (κ1) is 20.4. The molecular weight excluding hydrogens is 422 g/mol. The molecule has 2 N–H and O–H groups in total. The molecule has 1 aromatic carbocycles. The first-order valence-electron chi connectivity index (χ1n) is 10.6. The predicted molar refractivity (Wildman–Crippen MR) is 110 cm³/mol. The standard InChI is InChI=1S/C19H23N7O6/c27-16-10-31-15-5-8-25(9-13(15)21-16)19(28)24-6-3-11(4-7-24)20-12-1-2-14(26(29)30)18-17(12)22-32-23-18/h1-2,11,13,15,20H,3-10H2,(H,21,27)/t13-,15+/m1/s1. The number of nitrogens with one attached hydrogen (secondary N) is 2. The van der Waals surface area contributed by atoms with Crippen LogP contribution in [0.4, 0.5) is 16.2 Å². The van der Waals surface area contributed by atoms with Crippen molar-refractivity contribution in [3.63, 3.8) is 0 Å². The third-order valence-corrected chi connectivity index (χ3v) is 6.31. The van der Waals surface area contributed by atoms with Gasteiger partial charge in [0.1, 0.15) is 6.61 Å². The molecule has 3 amide bonds. The van der Waals surface area contributed by atoms with Gasteiger partial charge in [0.05, 0.1) is 22.8 Å². The van der Waals surface area contributed by atoms with E-state index in [1.54, 1.807) is 11.0 Å². The molecule has 170 valence electrons. The fraction of sp³-hybridized carbons (Fsp3) is 0.579. The Morgan fingerprint density at radius 3 is 2.69 bits per heavy atom. The van der Waals surface area contributed by atoms with Crippen molar-refractivity contribution < 1.29 is 23.9 Å². The Morgan fingerprint density at radius 2 is 1.91 bits per heavy atom. The van der Waals surface area contributed by atoms with E-state index in [1.807, 2.05) is 4.90 Å². The van der Waals surface area contributed by atoms with Gasteiger partial charge in [-0.2, -0.15) is 0 Å². The van der Waals surface area contributed by atoms with Gasteiger partial charge in [0.15, 0.2) is 5.52 Å². The zero-order chi connectivity index (χ0) is 22.2. The smallest absolute Gasteiger partial charge is 0.320 e. The molecule has 3 aliphatic heterocycles. The summed E-state index contributed by atoms with van der Waals surface area (Å²) in [5.41, 5.74) is 0.884. The van der Waals surface area contributed by atoms with Crippen LogP contribution in [-0.4, -0.2) is 87.9 Å². The van der Waals surface area contributed by atoms with Gasteiger partial charge in [-0.1, -0.05) is 0 Å². The van der Waals surface area contributed by atoms with Gasteiger partial charge >= 0.3 is 11.7 Å². The maximum Gasteiger partial charge on any atom is 0.320 e. The summed E-state index contributed by atoms with van der Waals surface area (Å²) in [6, 6.07) is 2.88. The molecule has 0 unspecified atom stereocenters. The van der Waals surface area contributed by atoms with Crippen LogP contribution in [0.2, 0.25) is 0 Å². The highest BCUT2D eigenvalue weighted by Crippen LogP contribution is 2.30. The van der Waals surface area contributed by atoms with Crippen LogP contribution in [-0.2, 0) is 9.53 Å². The van der Waals surface area contributed by atoms with Gasteiger partial charge in [-0.3, -0.25) is 14.9 Å². The summed E-state index contributed by atoms with van der Waals surface area (Å²) in [5.74, 6) is -0.143. The molecule has 13 nitrogen and oxygen atoms in total. The van der Waals surface area contributed by atoms with Crippen LogP contribution < -0.4 is 10.6 Å².